The van der Waals surface area contributed by atoms with Crippen molar-refractivity contribution in [3.8, 4) is 22.3 Å². The Morgan fingerprint density at radius 2 is 1.07 bits per heavy atom. The number of hydrogen-bond donors (Lipinski definition) is 1. The van der Waals surface area contributed by atoms with Gasteiger partial charge < -0.3 is 10.2 Å². The number of nitrogens with zero attached hydrogens (tertiary/aromatic N) is 1. The van der Waals surface area contributed by atoms with Gasteiger partial charge in [0.2, 0.25) is 0 Å². The van der Waals surface area contributed by atoms with Gasteiger partial charge in [-0.1, -0.05) is 175 Å². The number of fused-ring (bicyclic) bond motifs is 5. The third kappa shape index (κ3) is 5.27. The molecule has 0 fully saturated rings. The van der Waals surface area contributed by atoms with Crippen molar-refractivity contribution in [2.75, 3.05) is 10.2 Å². The Hall–Kier alpha value is -7.10. The molecular formula is C54H38BN2. The van der Waals surface area contributed by atoms with Gasteiger partial charge in [-0.3, -0.25) is 0 Å². The van der Waals surface area contributed by atoms with Crippen LogP contribution in [-0.2, 0) is 5.41 Å². The number of para-hydroxylation sites is 2. The van der Waals surface area contributed by atoms with Gasteiger partial charge in [0.15, 0.2) is 7.28 Å². The van der Waals surface area contributed by atoms with E-state index in [1.54, 1.807) is 0 Å². The summed E-state index contributed by atoms with van der Waals surface area (Å²) < 4.78 is 0. The normalized spacial score (nSPS) is 13.2. The Labute approximate surface area is 335 Å². The van der Waals surface area contributed by atoms with Crippen molar-refractivity contribution in [1.82, 2.24) is 0 Å². The summed E-state index contributed by atoms with van der Waals surface area (Å²) in [6.45, 7) is 2.23. The zero-order valence-electron chi connectivity index (χ0n) is 31.7. The van der Waals surface area contributed by atoms with Crippen molar-refractivity contribution in [2.45, 2.75) is 12.3 Å². The molecule has 57 heavy (non-hydrogen) atoms. The maximum absolute atomic E-state index is 3.87. The lowest BCUT2D eigenvalue weighted by atomic mass is 9.54. The molecule has 2 nitrogen and oxygen atoms in total. The molecule has 11 rings (SSSR count). The number of rotatable bonds is 6. The standard InChI is InChI=1S/C54H38BN2/c1-36-32-45(44-34-39-18-11-12-19-40(39)35-49(44)56-43-30-28-38(29-31-43)37-16-5-2-6-17-37)52-51(33-36)57-50-27-14-13-24-46(50)54(41-20-7-3-8-21-41,42-22-9-4-10-23-42)47-25-15-26-48(55-52)53(47)57/h2-35,56H,1H3. The van der Waals surface area contributed by atoms with E-state index in [0.717, 1.165) is 11.4 Å². The molecule has 2 heterocycles. The molecule has 0 saturated carbocycles. The first-order valence-electron chi connectivity index (χ1n) is 19.8. The first-order valence-corrected chi connectivity index (χ1v) is 19.8. The molecule has 0 spiro atoms. The Balaban J connectivity index is 1.12. The van der Waals surface area contributed by atoms with Crippen LogP contribution in [0.25, 0.3) is 33.0 Å². The van der Waals surface area contributed by atoms with Crippen LogP contribution in [-0.4, -0.2) is 7.28 Å². The number of anilines is 5. The number of nitrogens with one attached hydrogen (secondary N) is 1. The van der Waals surface area contributed by atoms with Gasteiger partial charge in [-0.05, 0) is 104 Å². The lowest BCUT2D eigenvalue weighted by molar-refractivity contribution is 0.732. The molecule has 1 radical (unpaired) electrons. The van der Waals surface area contributed by atoms with E-state index < -0.39 is 5.41 Å². The monoisotopic (exact) mass is 725 g/mol. The Morgan fingerprint density at radius 3 is 1.79 bits per heavy atom. The van der Waals surface area contributed by atoms with Crippen LogP contribution in [0, 0.1) is 6.92 Å². The van der Waals surface area contributed by atoms with E-state index in [4.69, 9.17) is 0 Å². The number of benzene rings is 9. The van der Waals surface area contributed by atoms with E-state index >= 15 is 0 Å². The molecule has 0 saturated heterocycles. The highest BCUT2D eigenvalue weighted by Crippen LogP contribution is 2.57. The molecule has 0 amide bonds. The zero-order valence-corrected chi connectivity index (χ0v) is 31.7. The van der Waals surface area contributed by atoms with Crippen molar-refractivity contribution in [3.63, 3.8) is 0 Å². The highest BCUT2D eigenvalue weighted by atomic mass is 15.2. The lowest BCUT2D eigenvalue weighted by Crippen LogP contribution is -2.47. The molecule has 3 heteroatoms. The SMILES string of the molecule is Cc1cc(-c2cc3ccccc3cc2Nc2ccc(-c3ccccc3)cc2)c2c(c1)N1c3ccccc3C(c3ccccc3)(c3ccccc3)c3cccc(c31)[B]2. The van der Waals surface area contributed by atoms with Crippen molar-refractivity contribution < 1.29 is 0 Å². The smallest absolute Gasteiger partial charge is 0.197 e. The van der Waals surface area contributed by atoms with Gasteiger partial charge in [-0.2, -0.15) is 0 Å². The van der Waals surface area contributed by atoms with Gasteiger partial charge in [-0.25, -0.2) is 0 Å². The predicted octanol–water partition coefficient (Wildman–Crippen LogP) is 12.4. The summed E-state index contributed by atoms with van der Waals surface area (Å²) in [6.07, 6.45) is 0. The molecule has 2 aliphatic heterocycles. The summed E-state index contributed by atoms with van der Waals surface area (Å²) in [5, 5.41) is 6.28. The molecule has 9 aromatic carbocycles. The van der Waals surface area contributed by atoms with Crippen LogP contribution in [0.15, 0.2) is 206 Å². The summed E-state index contributed by atoms with van der Waals surface area (Å²) in [6, 6.07) is 75.5. The van der Waals surface area contributed by atoms with Gasteiger partial charge in [0.25, 0.3) is 0 Å². The van der Waals surface area contributed by atoms with Gasteiger partial charge in [0.1, 0.15) is 0 Å². The lowest BCUT2D eigenvalue weighted by Gasteiger charge is -2.49. The third-order valence-electron chi connectivity index (χ3n) is 11.9. The second kappa shape index (κ2) is 13.3. The fourth-order valence-electron chi connectivity index (χ4n) is 9.49. The summed E-state index contributed by atoms with van der Waals surface area (Å²) in [4.78, 5) is 2.55. The molecule has 9 aromatic rings. The summed E-state index contributed by atoms with van der Waals surface area (Å²) in [7, 11) is 2.43. The highest BCUT2D eigenvalue weighted by molar-refractivity contribution is 6.73. The first kappa shape index (κ1) is 33.3. The minimum absolute atomic E-state index is 0.509. The van der Waals surface area contributed by atoms with E-state index in [1.807, 2.05) is 0 Å². The summed E-state index contributed by atoms with van der Waals surface area (Å²) in [5.74, 6) is 0. The van der Waals surface area contributed by atoms with Crippen LogP contribution in [0.4, 0.5) is 28.4 Å². The quantitative estimate of drug-likeness (QED) is 0.172. The summed E-state index contributed by atoms with van der Waals surface area (Å²) >= 11 is 0. The third-order valence-corrected chi connectivity index (χ3v) is 11.9. The fraction of sp³-hybridized carbons (Fsp3) is 0.0370. The van der Waals surface area contributed by atoms with Crippen molar-refractivity contribution >= 4 is 57.4 Å². The molecule has 267 valence electrons. The van der Waals surface area contributed by atoms with Crippen LogP contribution in [0.3, 0.4) is 0 Å². The molecule has 0 unspecified atom stereocenters. The second-order valence-corrected chi connectivity index (χ2v) is 15.3. The first-order chi connectivity index (χ1) is 28.2. The maximum atomic E-state index is 3.87. The van der Waals surface area contributed by atoms with E-state index in [2.05, 4.69) is 231 Å². The molecule has 1 N–H and O–H groups in total. The van der Waals surface area contributed by atoms with E-state index in [1.165, 1.54) is 88.8 Å². The molecular weight excluding hydrogens is 687 g/mol. The van der Waals surface area contributed by atoms with Gasteiger partial charge in [0.05, 0.1) is 11.1 Å². The Morgan fingerprint density at radius 1 is 0.474 bits per heavy atom. The van der Waals surface area contributed by atoms with Crippen molar-refractivity contribution in [3.05, 3.63) is 234 Å². The minimum Gasteiger partial charge on any atom is -0.355 e. The number of aryl methyl sites for hydroxylation is 1. The molecule has 0 bridgehead atoms. The minimum atomic E-state index is -0.509. The van der Waals surface area contributed by atoms with Gasteiger partial charge in [0, 0.05) is 28.3 Å². The van der Waals surface area contributed by atoms with Crippen LogP contribution in [0.5, 0.6) is 0 Å². The molecule has 0 aliphatic carbocycles. The van der Waals surface area contributed by atoms with Gasteiger partial charge in [-0.15, -0.1) is 0 Å². The Kier molecular flexibility index (Phi) is 7.75. The van der Waals surface area contributed by atoms with Crippen LogP contribution >= 0.6 is 0 Å². The average Bonchev–Trinajstić information content (AvgIpc) is 3.27. The van der Waals surface area contributed by atoms with Crippen molar-refractivity contribution in [2.24, 2.45) is 0 Å². The predicted molar refractivity (Wildman–Crippen MR) is 241 cm³/mol. The van der Waals surface area contributed by atoms with Crippen LogP contribution in [0.1, 0.15) is 27.8 Å². The molecule has 0 aromatic heterocycles. The maximum Gasteiger partial charge on any atom is 0.197 e. The molecule has 0 atom stereocenters. The number of hydrogen-bond acceptors (Lipinski definition) is 2. The van der Waals surface area contributed by atoms with E-state index in [-0.39, 0.29) is 0 Å². The highest BCUT2D eigenvalue weighted by Gasteiger charge is 2.48. The largest absolute Gasteiger partial charge is 0.355 e. The fourth-order valence-corrected chi connectivity index (χ4v) is 9.49. The topological polar surface area (TPSA) is 15.3 Å². The summed E-state index contributed by atoms with van der Waals surface area (Å²) in [5.41, 5.74) is 18.8. The Bertz CT molecular complexity index is 2920. The van der Waals surface area contributed by atoms with Crippen molar-refractivity contribution in [1.29, 1.82) is 0 Å². The average molecular weight is 726 g/mol. The van der Waals surface area contributed by atoms with Gasteiger partial charge >= 0.3 is 0 Å². The van der Waals surface area contributed by atoms with E-state index in [0.29, 0.717) is 0 Å². The van der Waals surface area contributed by atoms with Crippen LogP contribution in [0.2, 0.25) is 0 Å². The van der Waals surface area contributed by atoms with Crippen LogP contribution < -0.4 is 21.1 Å². The molecule has 2 aliphatic rings. The second-order valence-electron chi connectivity index (χ2n) is 15.3. The zero-order chi connectivity index (χ0) is 37.9. The van der Waals surface area contributed by atoms with E-state index in [9.17, 15) is 0 Å².